The van der Waals surface area contributed by atoms with Crippen LogP contribution in [0.15, 0.2) is 40.6 Å². The number of halogens is 4. The van der Waals surface area contributed by atoms with E-state index in [1.807, 2.05) is 17.5 Å². The molecule has 2 aromatic rings. The lowest BCUT2D eigenvalue weighted by Crippen LogP contribution is -2.34. The molecule has 1 unspecified atom stereocenters. The van der Waals surface area contributed by atoms with Crippen molar-refractivity contribution in [2.45, 2.75) is 36.4 Å². The van der Waals surface area contributed by atoms with Crippen molar-refractivity contribution >= 4 is 38.9 Å². The lowest BCUT2D eigenvalue weighted by atomic mass is 10.2. The fraction of sp³-hybridized carbons (Fsp3) is 0.389. The highest BCUT2D eigenvalue weighted by Crippen LogP contribution is 2.36. The minimum Gasteiger partial charge on any atom is -0.335 e. The number of rotatable bonds is 6. The van der Waals surface area contributed by atoms with Crippen molar-refractivity contribution < 1.29 is 26.4 Å². The predicted octanol–water partition coefficient (Wildman–Crippen LogP) is 4.45. The Hall–Kier alpha value is -1.62. The van der Waals surface area contributed by atoms with Crippen LogP contribution in [0.1, 0.15) is 35.7 Å². The van der Waals surface area contributed by atoms with Gasteiger partial charge in [0.2, 0.25) is 15.9 Å². The van der Waals surface area contributed by atoms with E-state index in [0.29, 0.717) is 12.6 Å². The number of hydrogen-bond donors (Lipinski definition) is 1. The van der Waals surface area contributed by atoms with Gasteiger partial charge in [-0.15, -0.1) is 11.3 Å². The summed E-state index contributed by atoms with van der Waals surface area (Å²) in [5.74, 6) is -0.198. The zero-order chi connectivity index (χ0) is 21.2. The molecule has 2 heterocycles. The molecule has 0 bridgehead atoms. The second kappa shape index (κ2) is 8.63. The summed E-state index contributed by atoms with van der Waals surface area (Å²) in [5.41, 5.74) is -1.23. The lowest BCUT2D eigenvalue weighted by Gasteiger charge is -2.24. The Kier molecular flexibility index (Phi) is 6.57. The summed E-state index contributed by atoms with van der Waals surface area (Å²) in [7, 11) is -4.21. The number of thiophene rings is 1. The fourth-order valence-electron chi connectivity index (χ4n) is 3.25. The van der Waals surface area contributed by atoms with E-state index in [1.54, 1.807) is 16.2 Å². The quantitative estimate of drug-likeness (QED) is 0.683. The normalized spacial score (nSPS) is 17.7. The number of nitrogens with zero attached hydrogens (tertiary/aromatic N) is 1. The Balaban J connectivity index is 1.63. The summed E-state index contributed by atoms with van der Waals surface area (Å²) < 4.78 is 65.7. The van der Waals surface area contributed by atoms with E-state index in [0.717, 1.165) is 29.9 Å². The molecule has 1 aromatic heterocycles. The predicted molar refractivity (Wildman–Crippen MR) is 104 cm³/mol. The molecule has 1 aromatic carbocycles. The standard InChI is InChI=1S/C18H18ClF3N2O3S2/c19-14-6-5-12(11-13(14)18(20,21)22)29(26,27)23-8-7-17(25)24-9-1-3-15(24)16-4-2-10-28-16/h2,4-6,10-11,15,23H,1,3,7-9H2. The van der Waals surface area contributed by atoms with E-state index >= 15 is 0 Å². The number of carbonyl (C=O) groups excluding carboxylic acids is 1. The van der Waals surface area contributed by atoms with E-state index in [9.17, 15) is 26.4 Å². The molecule has 11 heteroatoms. The van der Waals surface area contributed by atoms with Crippen molar-refractivity contribution in [2.75, 3.05) is 13.1 Å². The molecule has 3 rings (SSSR count). The Morgan fingerprint density at radius 2 is 2.07 bits per heavy atom. The molecule has 0 saturated carbocycles. The molecule has 1 N–H and O–H groups in total. The highest BCUT2D eigenvalue weighted by Gasteiger charge is 2.35. The molecule has 1 aliphatic heterocycles. The van der Waals surface area contributed by atoms with E-state index in [1.165, 1.54) is 0 Å². The summed E-state index contributed by atoms with van der Waals surface area (Å²) in [5, 5.41) is 1.35. The third-order valence-corrected chi connectivity index (χ3v) is 7.39. The van der Waals surface area contributed by atoms with Gasteiger partial charge in [-0.1, -0.05) is 17.7 Å². The first kappa shape index (κ1) is 22.1. The smallest absolute Gasteiger partial charge is 0.335 e. The highest BCUT2D eigenvalue weighted by molar-refractivity contribution is 7.89. The van der Waals surface area contributed by atoms with Gasteiger partial charge in [-0.05, 0) is 42.5 Å². The molecular formula is C18H18ClF3N2O3S2. The first-order chi connectivity index (χ1) is 13.6. The van der Waals surface area contributed by atoms with Crippen LogP contribution >= 0.6 is 22.9 Å². The molecule has 1 atom stereocenters. The SMILES string of the molecule is O=C(CCNS(=O)(=O)c1ccc(Cl)c(C(F)(F)F)c1)N1CCCC1c1cccs1. The Morgan fingerprint density at radius 1 is 1.31 bits per heavy atom. The fourth-order valence-corrected chi connectivity index (χ4v) is 5.41. The molecule has 0 radical (unpaired) electrons. The van der Waals surface area contributed by atoms with Crippen LogP contribution in [-0.4, -0.2) is 32.3 Å². The van der Waals surface area contributed by atoms with E-state index < -0.39 is 31.7 Å². The van der Waals surface area contributed by atoms with Crippen molar-refractivity contribution in [3.63, 3.8) is 0 Å². The number of carbonyl (C=O) groups is 1. The summed E-state index contributed by atoms with van der Waals surface area (Å²) in [6.45, 7) is 0.388. The number of sulfonamides is 1. The second-order valence-corrected chi connectivity index (χ2v) is 9.70. The number of benzene rings is 1. The molecule has 0 aliphatic carbocycles. The van der Waals surface area contributed by atoms with Gasteiger partial charge in [0.15, 0.2) is 0 Å². The van der Waals surface area contributed by atoms with Gasteiger partial charge in [-0.2, -0.15) is 13.2 Å². The van der Waals surface area contributed by atoms with Gasteiger partial charge in [0.1, 0.15) is 0 Å². The van der Waals surface area contributed by atoms with E-state index in [2.05, 4.69) is 4.72 Å². The molecule has 1 aliphatic rings. The molecule has 158 valence electrons. The van der Waals surface area contributed by atoms with Gasteiger partial charge in [-0.3, -0.25) is 4.79 Å². The average molecular weight is 467 g/mol. The topological polar surface area (TPSA) is 66.5 Å². The van der Waals surface area contributed by atoms with Crippen molar-refractivity contribution in [1.82, 2.24) is 9.62 Å². The number of likely N-dealkylation sites (tertiary alicyclic amines) is 1. The molecule has 1 amide bonds. The van der Waals surface area contributed by atoms with Crippen LogP contribution in [0, 0.1) is 0 Å². The molecule has 1 fully saturated rings. The maximum Gasteiger partial charge on any atom is 0.417 e. The summed E-state index contributed by atoms with van der Waals surface area (Å²) in [4.78, 5) is 14.8. The van der Waals surface area contributed by atoms with E-state index in [4.69, 9.17) is 11.6 Å². The van der Waals surface area contributed by atoms with Gasteiger partial charge in [0.25, 0.3) is 0 Å². The van der Waals surface area contributed by atoms with Crippen molar-refractivity contribution in [2.24, 2.45) is 0 Å². The number of amides is 1. The first-order valence-electron chi connectivity index (χ1n) is 8.79. The van der Waals surface area contributed by atoms with Crippen LogP contribution in [0.4, 0.5) is 13.2 Å². The van der Waals surface area contributed by atoms with Crippen molar-refractivity contribution in [3.8, 4) is 0 Å². The number of alkyl halides is 3. The van der Waals surface area contributed by atoms with Crippen molar-refractivity contribution in [3.05, 3.63) is 51.2 Å². The average Bonchev–Trinajstić information content (AvgIpc) is 3.32. The minimum atomic E-state index is -4.77. The van der Waals surface area contributed by atoms with Gasteiger partial charge in [0, 0.05) is 24.4 Å². The third kappa shape index (κ3) is 5.11. The summed E-state index contributed by atoms with van der Waals surface area (Å²) in [6, 6.07) is 6.23. The third-order valence-electron chi connectivity index (χ3n) is 4.63. The van der Waals surface area contributed by atoms with Gasteiger partial charge in [-0.25, -0.2) is 13.1 Å². The Bertz CT molecular complexity index is 979. The van der Waals surface area contributed by atoms with Crippen LogP contribution in [0.2, 0.25) is 5.02 Å². The van der Waals surface area contributed by atoms with Gasteiger partial charge >= 0.3 is 6.18 Å². The lowest BCUT2D eigenvalue weighted by molar-refractivity contribution is -0.137. The summed E-state index contributed by atoms with van der Waals surface area (Å²) in [6.07, 6.45) is -3.14. The number of nitrogens with one attached hydrogen (secondary N) is 1. The molecule has 1 saturated heterocycles. The maximum absolute atomic E-state index is 13.0. The minimum absolute atomic E-state index is 0.00952. The molecule has 29 heavy (non-hydrogen) atoms. The van der Waals surface area contributed by atoms with Crippen molar-refractivity contribution in [1.29, 1.82) is 0 Å². The van der Waals surface area contributed by atoms with Crippen LogP contribution < -0.4 is 4.72 Å². The molecule has 5 nitrogen and oxygen atoms in total. The van der Waals surface area contributed by atoms with Crippen LogP contribution in [-0.2, 0) is 21.0 Å². The van der Waals surface area contributed by atoms with Gasteiger partial charge < -0.3 is 4.90 Å². The number of hydrogen-bond acceptors (Lipinski definition) is 4. The zero-order valence-electron chi connectivity index (χ0n) is 15.1. The maximum atomic E-state index is 13.0. The van der Waals surface area contributed by atoms with Crippen LogP contribution in [0.25, 0.3) is 0 Å². The Labute approximate surface area is 175 Å². The second-order valence-electron chi connectivity index (χ2n) is 6.55. The zero-order valence-corrected chi connectivity index (χ0v) is 17.5. The monoisotopic (exact) mass is 466 g/mol. The van der Waals surface area contributed by atoms with Crippen LogP contribution in [0.5, 0.6) is 0 Å². The highest BCUT2D eigenvalue weighted by atomic mass is 35.5. The van der Waals surface area contributed by atoms with E-state index in [-0.39, 0.29) is 24.9 Å². The first-order valence-corrected chi connectivity index (χ1v) is 11.5. The molecular weight excluding hydrogens is 449 g/mol. The summed E-state index contributed by atoms with van der Waals surface area (Å²) >= 11 is 7.08. The largest absolute Gasteiger partial charge is 0.417 e. The molecule has 0 spiro atoms. The van der Waals surface area contributed by atoms with Crippen LogP contribution in [0.3, 0.4) is 0 Å². The van der Waals surface area contributed by atoms with Gasteiger partial charge in [0.05, 0.1) is 21.5 Å². The Morgan fingerprint density at radius 3 is 2.72 bits per heavy atom.